The Hall–Kier alpha value is -0.630. The Labute approximate surface area is 122 Å². The lowest BCUT2D eigenvalue weighted by atomic mass is 10.3. The number of likely N-dealkylation sites (N-methyl/N-ethyl adjacent to an activating group) is 1. The van der Waals surface area contributed by atoms with Gasteiger partial charge in [0.1, 0.15) is 5.82 Å². The molecule has 1 aromatic rings. The number of aromatic nitrogens is 2. The lowest BCUT2D eigenvalue weighted by Gasteiger charge is -2.32. The van der Waals surface area contributed by atoms with E-state index in [0.29, 0.717) is 0 Å². The maximum Gasteiger partial charge on any atom is 0.227 e. The molecule has 18 heavy (non-hydrogen) atoms. The van der Waals surface area contributed by atoms with Crippen LogP contribution in [0, 0.1) is 3.57 Å². The summed E-state index contributed by atoms with van der Waals surface area (Å²) in [5, 5.41) is 3.36. The smallest absolute Gasteiger partial charge is 0.227 e. The molecule has 5 nitrogen and oxygen atoms in total. The molecule has 0 radical (unpaired) electrons. The van der Waals surface area contributed by atoms with Crippen LogP contribution in [-0.2, 0) is 0 Å². The second-order valence-electron chi connectivity index (χ2n) is 4.58. The number of anilines is 2. The van der Waals surface area contributed by atoms with E-state index in [4.69, 9.17) is 0 Å². The van der Waals surface area contributed by atoms with E-state index in [1.54, 1.807) is 0 Å². The molecule has 0 unspecified atom stereocenters. The van der Waals surface area contributed by atoms with Crippen molar-refractivity contribution in [2.45, 2.75) is 13.3 Å². The molecule has 2 heterocycles. The van der Waals surface area contributed by atoms with E-state index in [0.717, 1.165) is 54.5 Å². The van der Waals surface area contributed by atoms with Gasteiger partial charge in [-0.2, -0.15) is 4.98 Å². The summed E-state index contributed by atoms with van der Waals surface area (Å²) in [6.45, 7) is 7.27. The molecule has 0 bridgehead atoms. The third kappa shape index (κ3) is 3.44. The highest BCUT2D eigenvalue weighted by Crippen LogP contribution is 2.19. The SMILES string of the molecule is CCCNc1nc(N2CCN(C)CC2)ncc1I. The fourth-order valence-electron chi connectivity index (χ4n) is 1.88. The first-order valence-corrected chi connectivity index (χ1v) is 7.48. The minimum absolute atomic E-state index is 0.849. The quantitative estimate of drug-likeness (QED) is 0.827. The number of piperazine rings is 1. The summed E-state index contributed by atoms with van der Waals surface area (Å²) in [6.07, 6.45) is 3.00. The summed E-state index contributed by atoms with van der Waals surface area (Å²) in [4.78, 5) is 13.7. The zero-order valence-corrected chi connectivity index (χ0v) is 13.1. The molecule has 1 fully saturated rings. The van der Waals surface area contributed by atoms with Crippen molar-refractivity contribution in [1.29, 1.82) is 0 Å². The molecule has 100 valence electrons. The van der Waals surface area contributed by atoms with E-state index in [-0.39, 0.29) is 0 Å². The highest BCUT2D eigenvalue weighted by Gasteiger charge is 2.17. The second kappa shape index (κ2) is 6.51. The number of nitrogens with zero attached hydrogens (tertiary/aromatic N) is 4. The predicted octanol–water partition coefficient (Wildman–Crippen LogP) is 1.65. The number of halogens is 1. The van der Waals surface area contributed by atoms with E-state index in [1.807, 2.05) is 6.20 Å². The molecule has 1 aliphatic heterocycles. The van der Waals surface area contributed by atoms with Crippen molar-refractivity contribution in [3.8, 4) is 0 Å². The number of rotatable bonds is 4. The molecule has 1 N–H and O–H groups in total. The van der Waals surface area contributed by atoms with Gasteiger partial charge in [0.2, 0.25) is 5.95 Å². The van der Waals surface area contributed by atoms with Crippen molar-refractivity contribution >= 4 is 34.4 Å². The van der Waals surface area contributed by atoms with Gasteiger partial charge in [-0.3, -0.25) is 0 Å². The Morgan fingerprint density at radius 2 is 2.06 bits per heavy atom. The van der Waals surface area contributed by atoms with Gasteiger partial charge in [-0.05, 0) is 36.1 Å². The van der Waals surface area contributed by atoms with Gasteiger partial charge in [-0.1, -0.05) is 6.92 Å². The van der Waals surface area contributed by atoms with Crippen LogP contribution in [0.5, 0.6) is 0 Å². The highest BCUT2D eigenvalue weighted by molar-refractivity contribution is 14.1. The molecule has 0 saturated carbocycles. The van der Waals surface area contributed by atoms with Crippen LogP contribution in [-0.4, -0.2) is 54.6 Å². The Bertz CT molecular complexity index is 390. The van der Waals surface area contributed by atoms with Crippen molar-refractivity contribution in [3.63, 3.8) is 0 Å². The van der Waals surface area contributed by atoms with Crippen molar-refractivity contribution in [3.05, 3.63) is 9.77 Å². The first kappa shape index (κ1) is 13.8. The van der Waals surface area contributed by atoms with Gasteiger partial charge in [0.15, 0.2) is 0 Å². The maximum atomic E-state index is 4.64. The summed E-state index contributed by atoms with van der Waals surface area (Å²) in [5.74, 6) is 1.81. The standard InChI is InChI=1S/C12H20IN5/c1-3-4-14-11-10(13)9-15-12(16-11)18-7-5-17(2)6-8-18/h9H,3-8H2,1-2H3,(H,14,15,16). The molecule has 1 saturated heterocycles. The predicted molar refractivity (Wildman–Crippen MR) is 83.2 cm³/mol. The molecular formula is C12H20IN5. The van der Waals surface area contributed by atoms with Crippen LogP contribution < -0.4 is 10.2 Å². The van der Waals surface area contributed by atoms with Crippen LogP contribution in [0.1, 0.15) is 13.3 Å². The molecule has 0 aliphatic carbocycles. The fourth-order valence-corrected chi connectivity index (χ4v) is 2.33. The molecule has 0 amide bonds. The molecular weight excluding hydrogens is 341 g/mol. The number of nitrogens with one attached hydrogen (secondary N) is 1. The van der Waals surface area contributed by atoms with Gasteiger partial charge in [0.05, 0.1) is 3.57 Å². The van der Waals surface area contributed by atoms with E-state index >= 15 is 0 Å². The van der Waals surface area contributed by atoms with Crippen molar-refractivity contribution in [2.24, 2.45) is 0 Å². The average Bonchev–Trinajstić information content (AvgIpc) is 2.39. The van der Waals surface area contributed by atoms with Crippen LogP contribution in [0.15, 0.2) is 6.20 Å². The Morgan fingerprint density at radius 3 is 2.72 bits per heavy atom. The zero-order chi connectivity index (χ0) is 13.0. The fraction of sp³-hybridized carbons (Fsp3) is 0.667. The van der Waals surface area contributed by atoms with E-state index in [1.165, 1.54) is 0 Å². The van der Waals surface area contributed by atoms with E-state index in [2.05, 4.69) is 61.6 Å². The van der Waals surface area contributed by atoms with Crippen LogP contribution in [0.25, 0.3) is 0 Å². The topological polar surface area (TPSA) is 44.3 Å². The first-order valence-electron chi connectivity index (χ1n) is 6.40. The monoisotopic (exact) mass is 361 g/mol. The lowest BCUT2D eigenvalue weighted by molar-refractivity contribution is 0.311. The number of hydrogen-bond acceptors (Lipinski definition) is 5. The summed E-state index contributed by atoms with van der Waals surface area (Å²) in [7, 11) is 2.15. The summed E-state index contributed by atoms with van der Waals surface area (Å²) in [5.41, 5.74) is 0. The summed E-state index contributed by atoms with van der Waals surface area (Å²) >= 11 is 2.28. The Balaban J connectivity index is 2.08. The van der Waals surface area contributed by atoms with E-state index in [9.17, 15) is 0 Å². The van der Waals surface area contributed by atoms with Gasteiger partial charge >= 0.3 is 0 Å². The zero-order valence-electron chi connectivity index (χ0n) is 11.0. The van der Waals surface area contributed by atoms with Gasteiger partial charge in [-0.25, -0.2) is 4.98 Å². The number of hydrogen-bond donors (Lipinski definition) is 1. The molecule has 6 heteroatoms. The van der Waals surface area contributed by atoms with Gasteiger partial charge in [-0.15, -0.1) is 0 Å². The lowest BCUT2D eigenvalue weighted by Crippen LogP contribution is -2.45. The summed E-state index contributed by atoms with van der Waals surface area (Å²) < 4.78 is 1.08. The third-order valence-corrected chi connectivity index (χ3v) is 3.85. The van der Waals surface area contributed by atoms with E-state index < -0.39 is 0 Å². The maximum absolute atomic E-state index is 4.64. The molecule has 0 aromatic carbocycles. The Kier molecular flexibility index (Phi) is 4.99. The average molecular weight is 361 g/mol. The third-order valence-electron chi connectivity index (χ3n) is 3.06. The van der Waals surface area contributed by atoms with Crippen LogP contribution >= 0.6 is 22.6 Å². The largest absolute Gasteiger partial charge is 0.369 e. The molecule has 0 atom stereocenters. The molecule has 1 aliphatic rings. The van der Waals surface area contributed by atoms with Crippen LogP contribution in [0.4, 0.5) is 11.8 Å². The highest BCUT2D eigenvalue weighted by atomic mass is 127. The van der Waals surface area contributed by atoms with Crippen molar-refractivity contribution < 1.29 is 0 Å². The second-order valence-corrected chi connectivity index (χ2v) is 5.75. The molecule has 2 rings (SSSR count). The van der Waals surface area contributed by atoms with Crippen molar-refractivity contribution in [1.82, 2.24) is 14.9 Å². The van der Waals surface area contributed by atoms with Gasteiger partial charge < -0.3 is 15.1 Å². The normalized spacial score (nSPS) is 16.9. The van der Waals surface area contributed by atoms with Crippen LogP contribution in [0.3, 0.4) is 0 Å². The summed E-state index contributed by atoms with van der Waals surface area (Å²) in [6, 6.07) is 0. The van der Waals surface area contributed by atoms with Crippen LogP contribution in [0.2, 0.25) is 0 Å². The molecule has 1 aromatic heterocycles. The van der Waals surface area contributed by atoms with Gasteiger partial charge in [0, 0.05) is 38.9 Å². The Morgan fingerprint density at radius 1 is 1.33 bits per heavy atom. The first-order chi connectivity index (χ1) is 8.70. The minimum Gasteiger partial charge on any atom is -0.369 e. The molecule has 0 spiro atoms. The van der Waals surface area contributed by atoms with Gasteiger partial charge in [0.25, 0.3) is 0 Å². The minimum atomic E-state index is 0.849. The van der Waals surface area contributed by atoms with Crippen molar-refractivity contribution in [2.75, 3.05) is 50.0 Å².